The first-order valence-corrected chi connectivity index (χ1v) is 5.46. The zero-order chi connectivity index (χ0) is 13.1. The van der Waals surface area contributed by atoms with Crippen LogP contribution in [0.2, 0.25) is 0 Å². The SMILES string of the molecule is Cc1ccc(Nc2nccnc2C)cc1C(=O)O. The van der Waals surface area contributed by atoms with Gasteiger partial charge in [-0.3, -0.25) is 4.98 Å². The lowest BCUT2D eigenvalue weighted by molar-refractivity contribution is 0.0696. The summed E-state index contributed by atoms with van der Waals surface area (Å²) in [6.07, 6.45) is 3.19. The van der Waals surface area contributed by atoms with E-state index >= 15 is 0 Å². The molecule has 0 fully saturated rings. The van der Waals surface area contributed by atoms with Gasteiger partial charge in [0, 0.05) is 18.1 Å². The Hall–Kier alpha value is -2.43. The molecule has 0 unspecified atom stereocenters. The van der Waals surface area contributed by atoms with Crippen LogP contribution in [-0.2, 0) is 0 Å². The van der Waals surface area contributed by atoms with Crippen LogP contribution in [0.4, 0.5) is 11.5 Å². The van der Waals surface area contributed by atoms with Gasteiger partial charge in [0.15, 0.2) is 5.82 Å². The molecule has 2 N–H and O–H groups in total. The van der Waals surface area contributed by atoms with E-state index in [2.05, 4.69) is 15.3 Å². The van der Waals surface area contributed by atoms with Gasteiger partial charge >= 0.3 is 5.97 Å². The lowest BCUT2D eigenvalue weighted by atomic mass is 10.1. The molecule has 1 aromatic carbocycles. The number of aryl methyl sites for hydroxylation is 2. The second-order valence-corrected chi connectivity index (χ2v) is 3.95. The number of carbonyl (C=O) groups is 1. The van der Waals surface area contributed by atoms with Crippen LogP contribution in [-0.4, -0.2) is 21.0 Å². The minimum Gasteiger partial charge on any atom is -0.478 e. The number of aromatic nitrogens is 2. The number of hydrogen-bond acceptors (Lipinski definition) is 4. The van der Waals surface area contributed by atoms with Crippen molar-refractivity contribution >= 4 is 17.5 Å². The largest absolute Gasteiger partial charge is 0.478 e. The molecule has 0 aliphatic heterocycles. The molecule has 0 aliphatic carbocycles. The molecule has 5 heteroatoms. The van der Waals surface area contributed by atoms with E-state index in [1.807, 2.05) is 13.0 Å². The van der Waals surface area contributed by atoms with Crippen molar-refractivity contribution in [1.29, 1.82) is 0 Å². The van der Waals surface area contributed by atoms with Gasteiger partial charge in [0.05, 0.1) is 11.3 Å². The monoisotopic (exact) mass is 243 g/mol. The van der Waals surface area contributed by atoms with Crippen LogP contribution < -0.4 is 5.32 Å². The van der Waals surface area contributed by atoms with E-state index in [-0.39, 0.29) is 5.56 Å². The number of hydrogen-bond donors (Lipinski definition) is 2. The van der Waals surface area contributed by atoms with Crippen molar-refractivity contribution < 1.29 is 9.90 Å². The van der Waals surface area contributed by atoms with Crippen molar-refractivity contribution in [3.05, 3.63) is 47.4 Å². The van der Waals surface area contributed by atoms with Crippen molar-refractivity contribution in [1.82, 2.24) is 9.97 Å². The molecule has 0 spiro atoms. The number of anilines is 2. The Bertz CT molecular complexity index is 597. The molecular weight excluding hydrogens is 230 g/mol. The lowest BCUT2D eigenvalue weighted by Crippen LogP contribution is -2.02. The van der Waals surface area contributed by atoms with Crippen LogP contribution in [0.1, 0.15) is 21.6 Å². The third-order valence-electron chi connectivity index (χ3n) is 2.61. The van der Waals surface area contributed by atoms with Crippen molar-refractivity contribution in [3.8, 4) is 0 Å². The number of rotatable bonds is 3. The van der Waals surface area contributed by atoms with Gasteiger partial charge in [0.2, 0.25) is 0 Å². The first kappa shape index (κ1) is 12.0. The van der Waals surface area contributed by atoms with E-state index in [0.29, 0.717) is 11.5 Å². The average molecular weight is 243 g/mol. The highest BCUT2D eigenvalue weighted by Crippen LogP contribution is 2.19. The van der Waals surface area contributed by atoms with Gasteiger partial charge in [-0.2, -0.15) is 0 Å². The third kappa shape index (κ3) is 2.45. The zero-order valence-corrected chi connectivity index (χ0v) is 10.1. The predicted octanol–water partition coefficient (Wildman–Crippen LogP) is 2.54. The fraction of sp³-hybridized carbons (Fsp3) is 0.154. The molecule has 0 bridgehead atoms. The van der Waals surface area contributed by atoms with Crippen molar-refractivity contribution in [2.75, 3.05) is 5.32 Å². The molecule has 0 atom stereocenters. The maximum atomic E-state index is 11.0. The summed E-state index contributed by atoms with van der Waals surface area (Å²) in [5.41, 5.74) is 2.45. The summed E-state index contributed by atoms with van der Waals surface area (Å²) in [5, 5.41) is 12.1. The summed E-state index contributed by atoms with van der Waals surface area (Å²) >= 11 is 0. The van der Waals surface area contributed by atoms with Crippen LogP contribution in [0, 0.1) is 13.8 Å². The van der Waals surface area contributed by atoms with Gasteiger partial charge in [0.25, 0.3) is 0 Å². The first-order valence-electron chi connectivity index (χ1n) is 5.46. The molecule has 0 aliphatic rings. The van der Waals surface area contributed by atoms with Crippen LogP contribution in [0.3, 0.4) is 0 Å². The molecule has 0 saturated carbocycles. The molecule has 5 nitrogen and oxygen atoms in total. The Balaban J connectivity index is 2.33. The average Bonchev–Trinajstić information content (AvgIpc) is 2.34. The Morgan fingerprint density at radius 1 is 1.22 bits per heavy atom. The Kier molecular flexibility index (Phi) is 3.23. The number of aromatic carboxylic acids is 1. The highest BCUT2D eigenvalue weighted by molar-refractivity contribution is 5.90. The maximum Gasteiger partial charge on any atom is 0.336 e. The smallest absolute Gasteiger partial charge is 0.336 e. The minimum absolute atomic E-state index is 0.279. The lowest BCUT2D eigenvalue weighted by Gasteiger charge is -2.09. The molecule has 2 rings (SSSR count). The normalized spacial score (nSPS) is 10.1. The highest BCUT2D eigenvalue weighted by Gasteiger charge is 2.08. The topological polar surface area (TPSA) is 75.1 Å². The van der Waals surface area contributed by atoms with Crippen molar-refractivity contribution in [2.24, 2.45) is 0 Å². The van der Waals surface area contributed by atoms with Gasteiger partial charge < -0.3 is 10.4 Å². The molecular formula is C13H13N3O2. The van der Waals surface area contributed by atoms with E-state index < -0.39 is 5.97 Å². The first-order chi connectivity index (χ1) is 8.58. The second kappa shape index (κ2) is 4.83. The van der Waals surface area contributed by atoms with Crippen LogP contribution in [0.5, 0.6) is 0 Å². The molecule has 0 radical (unpaired) electrons. The van der Waals surface area contributed by atoms with Gasteiger partial charge in [-0.05, 0) is 31.5 Å². The molecule has 1 heterocycles. The van der Waals surface area contributed by atoms with Gasteiger partial charge in [0.1, 0.15) is 0 Å². The molecule has 0 saturated heterocycles. The van der Waals surface area contributed by atoms with Crippen LogP contribution >= 0.6 is 0 Å². The van der Waals surface area contributed by atoms with Crippen LogP contribution in [0.15, 0.2) is 30.6 Å². The summed E-state index contributed by atoms with van der Waals surface area (Å²) in [6.45, 7) is 3.60. The number of nitrogens with zero attached hydrogens (tertiary/aromatic N) is 2. The second-order valence-electron chi connectivity index (χ2n) is 3.95. The quantitative estimate of drug-likeness (QED) is 0.866. The predicted molar refractivity (Wildman–Crippen MR) is 68.2 cm³/mol. The number of nitrogens with one attached hydrogen (secondary N) is 1. The number of carboxylic acid groups (broad SMARTS) is 1. The Morgan fingerprint density at radius 2 is 1.94 bits per heavy atom. The Labute approximate surface area is 105 Å². The van der Waals surface area contributed by atoms with E-state index in [0.717, 1.165) is 11.3 Å². The summed E-state index contributed by atoms with van der Waals surface area (Å²) in [6, 6.07) is 5.17. The van der Waals surface area contributed by atoms with Crippen molar-refractivity contribution in [2.45, 2.75) is 13.8 Å². The molecule has 92 valence electrons. The van der Waals surface area contributed by atoms with E-state index in [1.54, 1.807) is 31.5 Å². The Morgan fingerprint density at radius 3 is 2.61 bits per heavy atom. The third-order valence-corrected chi connectivity index (χ3v) is 2.61. The molecule has 2 aromatic rings. The fourth-order valence-corrected chi connectivity index (χ4v) is 1.60. The van der Waals surface area contributed by atoms with E-state index in [1.165, 1.54) is 0 Å². The van der Waals surface area contributed by atoms with Crippen LogP contribution in [0.25, 0.3) is 0 Å². The summed E-state index contributed by atoms with van der Waals surface area (Å²) in [7, 11) is 0. The standard InChI is InChI=1S/C13H13N3O2/c1-8-3-4-10(7-11(8)13(17)18)16-12-9(2)14-5-6-15-12/h3-7H,1-2H3,(H,15,16)(H,17,18). The molecule has 18 heavy (non-hydrogen) atoms. The molecule has 1 aromatic heterocycles. The number of benzene rings is 1. The summed E-state index contributed by atoms with van der Waals surface area (Å²) < 4.78 is 0. The highest BCUT2D eigenvalue weighted by atomic mass is 16.4. The van der Waals surface area contributed by atoms with E-state index in [4.69, 9.17) is 5.11 Å². The minimum atomic E-state index is -0.938. The van der Waals surface area contributed by atoms with Gasteiger partial charge in [-0.15, -0.1) is 0 Å². The molecule has 0 amide bonds. The maximum absolute atomic E-state index is 11.0. The fourth-order valence-electron chi connectivity index (χ4n) is 1.60. The zero-order valence-electron chi connectivity index (χ0n) is 10.1. The summed E-state index contributed by atoms with van der Waals surface area (Å²) in [4.78, 5) is 19.3. The van der Waals surface area contributed by atoms with Crippen molar-refractivity contribution in [3.63, 3.8) is 0 Å². The van der Waals surface area contributed by atoms with E-state index in [9.17, 15) is 4.79 Å². The van der Waals surface area contributed by atoms with Gasteiger partial charge in [-0.1, -0.05) is 6.07 Å². The summed E-state index contributed by atoms with van der Waals surface area (Å²) in [5.74, 6) is -0.315. The van der Waals surface area contributed by atoms with Gasteiger partial charge in [-0.25, -0.2) is 9.78 Å². The number of carboxylic acids is 1.